The largest absolute Gasteiger partial charge is 0.245 e. The first-order valence-electron chi connectivity index (χ1n) is 5.45. The van der Waals surface area contributed by atoms with E-state index in [1.165, 1.54) is 21.1 Å². The molecule has 0 aliphatic rings. The normalized spacial score (nSPS) is 10.6. The zero-order valence-electron chi connectivity index (χ0n) is 9.24. The molecule has 16 heavy (non-hydrogen) atoms. The van der Waals surface area contributed by atoms with E-state index in [-0.39, 0.29) is 0 Å². The number of hydrogen-bond acceptors (Lipinski definition) is 2. The van der Waals surface area contributed by atoms with Crippen LogP contribution in [0.4, 0.5) is 0 Å². The summed E-state index contributed by atoms with van der Waals surface area (Å²) in [6.07, 6.45) is 2.24. The van der Waals surface area contributed by atoms with Crippen molar-refractivity contribution in [3.8, 4) is 10.4 Å². The lowest BCUT2D eigenvalue weighted by atomic mass is 10.2. The Morgan fingerprint density at radius 1 is 1.25 bits per heavy atom. The summed E-state index contributed by atoms with van der Waals surface area (Å²) in [5, 5.41) is 2.08. The topological polar surface area (TPSA) is 12.9 Å². The van der Waals surface area contributed by atoms with E-state index in [1.807, 2.05) is 17.4 Å². The molecule has 0 bridgehead atoms. The standard InChI is InChI=1S/C13H14BrNS/c1-2-6-12-15-11(9-14)13(16-12)10-7-4-3-5-8-10/h3-5,7-8H,2,6,9H2,1H3. The second-order valence-electron chi connectivity index (χ2n) is 3.63. The molecule has 0 saturated heterocycles. The van der Waals surface area contributed by atoms with Gasteiger partial charge in [-0.15, -0.1) is 11.3 Å². The number of aromatic nitrogens is 1. The van der Waals surface area contributed by atoms with Gasteiger partial charge in [-0.05, 0) is 18.4 Å². The van der Waals surface area contributed by atoms with Crippen molar-refractivity contribution < 1.29 is 0 Å². The van der Waals surface area contributed by atoms with Gasteiger partial charge in [0.1, 0.15) is 0 Å². The van der Waals surface area contributed by atoms with Crippen molar-refractivity contribution in [2.45, 2.75) is 25.1 Å². The lowest BCUT2D eigenvalue weighted by Crippen LogP contribution is -1.84. The fraction of sp³-hybridized carbons (Fsp3) is 0.308. The van der Waals surface area contributed by atoms with Gasteiger partial charge in [-0.25, -0.2) is 4.98 Å². The van der Waals surface area contributed by atoms with Crippen LogP contribution in [0, 0.1) is 0 Å². The summed E-state index contributed by atoms with van der Waals surface area (Å²) in [5.74, 6) is 0. The monoisotopic (exact) mass is 295 g/mol. The van der Waals surface area contributed by atoms with Gasteiger partial charge in [-0.2, -0.15) is 0 Å². The Labute approximate surface area is 109 Å². The minimum atomic E-state index is 0.831. The second-order valence-corrected chi connectivity index (χ2v) is 5.28. The van der Waals surface area contributed by atoms with Crippen molar-refractivity contribution in [1.82, 2.24) is 4.98 Å². The van der Waals surface area contributed by atoms with Gasteiger partial charge < -0.3 is 0 Å². The zero-order valence-corrected chi connectivity index (χ0v) is 11.6. The molecular weight excluding hydrogens is 282 g/mol. The van der Waals surface area contributed by atoms with Gasteiger partial charge in [-0.3, -0.25) is 0 Å². The van der Waals surface area contributed by atoms with Crippen LogP contribution < -0.4 is 0 Å². The highest BCUT2D eigenvalue weighted by Crippen LogP contribution is 2.31. The van der Waals surface area contributed by atoms with Crippen molar-refractivity contribution in [2.75, 3.05) is 0 Å². The molecule has 0 unspecified atom stereocenters. The average molecular weight is 296 g/mol. The fourth-order valence-corrected chi connectivity index (χ4v) is 3.41. The minimum Gasteiger partial charge on any atom is -0.245 e. The number of rotatable bonds is 4. The van der Waals surface area contributed by atoms with E-state index in [2.05, 4.69) is 52.1 Å². The summed E-state index contributed by atoms with van der Waals surface area (Å²) < 4.78 is 0. The molecular formula is C13H14BrNS. The molecule has 0 amide bonds. The molecule has 0 aliphatic heterocycles. The van der Waals surface area contributed by atoms with Crippen LogP contribution in [0.25, 0.3) is 10.4 Å². The maximum absolute atomic E-state index is 4.67. The van der Waals surface area contributed by atoms with Gasteiger partial charge in [0.05, 0.1) is 15.6 Å². The number of nitrogens with zero attached hydrogens (tertiary/aromatic N) is 1. The van der Waals surface area contributed by atoms with E-state index in [4.69, 9.17) is 0 Å². The Bertz CT molecular complexity index is 450. The third-order valence-electron chi connectivity index (χ3n) is 2.37. The lowest BCUT2D eigenvalue weighted by Gasteiger charge is -1.98. The molecule has 0 aliphatic carbocycles. The van der Waals surface area contributed by atoms with Gasteiger partial charge in [-0.1, -0.05) is 53.2 Å². The number of aryl methyl sites for hydroxylation is 1. The van der Waals surface area contributed by atoms with Crippen LogP contribution in [0.3, 0.4) is 0 Å². The zero-order chi connectivity index (χ0) is 11.4. The first kappa shape index (κ1) is 11.8. The molecule has 1 nitrogen and oxygen atoms in total. The van der Waals surface area contributed by atoms with E-state index in [0.717, 1.165) is 18.2 Å². The number of benzene rings is 1. The van der Waals surface area contributed by atoms with Crippen molar-refractivity contribution in [2.24, 2.45) is 0 Å². The molecule has 0 radical (unpaired) electrons. The van der Waals surface area contributed by atoms with Gasteiger partial charge in [0.25, 0.3) is 0 Å². The maximum Gasteiger partial charge on any atom is 0.0935 e. The number of hydrogen-bond donors (Lipinski definition) is 0. The molecule has 2 rings (SSSR count). The molecule has 1 aromatic carbocycles. The van der Waals surface area contributed by atoms with E-state index >= 15 is 0 Å². The SMILES string of the molecule is CCCc1nc(CBr)c(-c2ccccc2)s1. The van der Waals surface area contributed by atoms with Crippen LogP contribution in [0.15, 0.2) is 30.3 Å². The van der Waals surface area contributed by atoms with Gasteiger partial charge in [0, 0.05) is 5.33 Å². The van der Waals surface area contributed by atoms with Crippen LogP contribution in [0.5, 0.6) is 0 Å². The van der Waals surface area contributed by atoms with Crippen LogP contribution in [-0.2, 0) is 11.8 Å². The second kappa shape index (κ2) is 5.60. The molecule has 2 aromatic rings. The molecule has 3 heteroatoms. The van der Waals surface area contributed by atoms with Gasteiger partial charge in [0.2, 0.25) is 0 Å². The molecule has 84 valence electrons. The van der Waals surface area contributed by atoms with Crippen molar-refractivity contribution in [1.29, 1.82) is 0 Å². The highest BCUT2D eigenvalue weighted by molar-refractivity contribution is 9.08. The lowest BCUT2D eigenvalue weighted by molar-refractivity contribution is 0.902. The fourth-order valence-electron chi connectivity index (χ4n) is 1.63. The summed E-state index contributed by atoms with van der Waals surface area (Å²) in [7, 11) is 0. The third-order valence-corrected chi connectivity index (χ3v) is 4.11. The van der Waals surface area contributed by atoms with Crippen molar-refractivity contribution in [3.63, 3.8) is 0 Å². The summed E-state index contributed by atoms with van der Waals surface area (Å²) in [6, 6.07) is 10.5. The van der Waals surface area contributed by atoms with Crippen LogP contribution >= 0.6 is 27.3 Å². The number of alkyl halides is 1. The Morgan fingerprint density at radius 3 is 2.62 bits per heavy atom. The smallest absolute Gasteiger partial charge is 0.0935 e. The Balaban J connectivity index is 2.39. The molecule has 0 N–H and O–H groups in total. The summed E-state index contributed by atoms with van der Waals surface area (Å²) in [6.45, 7) is 2.19. The molecule has 0 atom stereocenters. The van der Waals surface area contributed by atoms with E-state index in [9.17, 15) is 0 Å². The van der Waals surface area contributed by atoms with Crippen molar-refractivity contribution in [3.05, 3.63) is 41.0 Å². The average Bonchev–Trinajstić information content (AvgIpc) is 2.74. The maximum atomic E-state index is 4.67. The Hall–Kier alpha value is -0.670. The summed E-state index contributed by atoms with van der Waals surface area (Å²) >= 11 is 5.33. The Morgan fingerprint density at radius 2 is 2.00 bits per heavy atom. The van der Waals surface area contributed by atoms with Crippen LogP contribution in [0.1, 0.15) is 24.0 Å². The van der Waals surface area contributed by atoms with E-state index in [1.54, 1.807) is 0 Å². The summed E-state index contributed by atoms with van der Waals surface area (Å²) in [5.41, 5.74) is 2.44. The third kappa shape index (κ3) is 2.53. The number of halogens is 1. The highest BCUT2D eigenvalue weighted by atomic mass is 79.9. The van der Waals surface area contributed by atoms with E-state index < -0.39 is 0 Å². The molecule has 1 heterocycles. The van der Waals surface area contributed by atoms with Crippen LogP contribution in [-0.4, -0.2) is 4.98 Å². The molecule has 0 saturated carbocycles. The van der Waals surface area contributed by atoms with Crippen molar-refractivity contribution >= 4 is 27.3 Å². The molecule has 0 spiro atoms. The highest BCUT2D eigenvalue weighted by Gasteiger charge is 2.10. The van der Waals surface area contributed by atoms with E-state index in [0.29, 0.717) is 0 Å². The predicted molar refractivity (Wildman–Crippen MR) is 74.2 cm³/mol. The minimum absolute atomic E-state index is 0.831. The first-order chi connectivity index (χ1) is 7.85. The Kier molecular flexibility index (Phi) is 4.13. The predicted octanol–water partition coefficient (Wildman–Crippen LogP) is 4.66. The first-order valence-corrected chi connectivity index (χ1v) is 7.39. The summed E-state index contributed by atoms with van der Waals surface area (Å²) in [4.78, 5) is 5.97. The molecule has 1 aromatic heterocycles. The number of thiazole rings is 1. The van der Waals surface area contributed by atoms with Gasteiger partial charge in [0.15, 0.2) is 0 Å². The van der Waals surface area contributed by atoms with Gasteiger partial charge >= 0.3 is 0 Å². The molecule has 0 fully saturated rings. The van der Waals surface area contributed by atoms with Crippen LogP contribution in [0.2, 0.25) is 0 Å². The quantitative estimate of drug-likeness (QED) is 0.748.